The molecule has 2 aromatic carbocycles. The van der Waals surface area contributed by atoms with E-state index in [4.69, 9.17) is 0 Å². The van der Waals surface area contributed by atoms with E-state index in [9.17, 15) is 0 Å². The maximum atomic E-state index is 2.64. The van der Waals surface area contributed by atoms with Crippen molar-refractivity contribution in [2.24, 2.45) is 0 Å². The number of anilines is 1. The van der Waals surface area contributed by atoms with Gasteiger partial charge in [0.15, 0.2) is 0 Å². The molecule has 2 aliphatic heterocycles. The molecule has 2 aliphatic rings. The highest BCUT2D eigenvalue weighted by molar-refractivity contribution is 5.62. The van der Waals surface area contributed by atoms with E-state index in [2.05, 4.69) is 71.4 Å². The number of rotatable bonds is 2. The van der Waals surface area contributed by atoms with Gasteiger partial charge in [0.25, 0.3) is 0 Å². The lowest BCUT2D eigenvalue weighted by Gasteiger charge is -2.37. The van der Waals surface area contributed by atoms with Crippen molar-refractivity contribution in [3.63, 3.8) is 0 Å². The third-order valence-corrected chi connectivity index (χ3v) is 5.02. The zero-order chi connectivity index (χ0) is 14.2. The molecule has 21 heavy (non-hydrogen) atoms. The number of fused-ring (bicyclic) bond motifs is 3. The van der Waals surface area contributed by atoms with Crippen molar-refractivity contribution >= 4 is 5.69 Å². The number of benzene rings is 2. The molecule has 0 aliphatic carbocycles. The number of para-hydroxylation sites is 1. The van der Waals surface area contributed by atoms with Gasteiger partial charge in [0.1, 0.15) is 0 Å². The van der Waals surface area contributed by atoms with Gasteiger partial charge in [-0.05, 0) is 37.2 Å². The van der Waals surface area contributed by atoms with Crippen molar-refractivity contribution in [2.45, 2.75) is 24.9 Å². The first-order valence-electron chi connectivity index (χ1n) is 7.91. The monoisotopic (exact) mass is 278 g/mol. The average molecular weight is 278 g/mol. The van der Waals surface area contributed by atoms with Crippen LogP contribution < -0.4 is 4.90 Å². The van der Waals surface area contributed by atoms with E-state index in [0.717, 1.165) is 6.54 Å². The molecule has 108 valence electrons. The molecule has 2 aromatic rings. The fourth-order valence-corrected chi connectivity index (χ4v) is 4.01. The van der Waals surface area contributed by atoms with Crippen molar-refractivity contribution in [1.82, 2.24) is 4.90 Å². The SMILES string of the molecule is CN1CC[C@H]2[C@H](C1)c1ccccc1N2Cc1ccccc1. The zero-order valence-corrected chi connectivity index (χ0v) is 12.6. The maximum Gasteiger partial charge on any atom is 0.0432 e. The van der Waals surface area contributed by atoms with Crippen LogP contribution in [0.25, 0.3) is 0 Å². The Balaban J connectivity index is 1.69. The summed E-state index contributed by atoms with van der Waals surface area (Å²) < 4.78 is 0. The van der Waals surface area contributed by atoms with E-state index in [1.165, 1.54) is 30.8 Å². The van der Waals surface area contributed by atoms with Crippen LogP contribution in [0, 0.1) is 0 Å². The van der Waals surface area contributed by atoms with Crippen molar-refractivity contribution in [3.8, 4) is 0 Å². The molecule has 0 aromatic heterocycles. The van der Waals surface area contributed by atoms with E-state index in [1.807, 2.05) is 0 Å². The van der Waals surface area contributed by atoms with Gasteiger partial charge in [-0.25, -0.2) is 0 Å². The summed E-state index contributed by atoms with van der Waals surface area (Å²) in [7, 11) is 2.25. The van der Waals surface area contributed by atoms with Gasteiger partial charge < -0.3 is 9.80 Å². The van der Waals surface area contributed by atoms with Gasteiger partial charge in [0, 0.05) is 30.7 Å². The number of hydrogen-bond donors (Lipinski definition) is 0. The van der Waals surface area contributed by atoms with Crippen molar-refractivity contribution in [1.29, 1.82) is 0 Å². The van der Waals surface area contributed by atoms with Gasteiger partial charge >= 0.3 is 0 Å². The van der Waals surface area contributed by atoms with Crippen LogP contribution in [0.4, 0.5) is 5.69 Å². The molecule has 2 nitrogen and oxygen atoms in total. The van der Waals surface area contributed by atoms with E-state index in [1.54, 1.807) is 5.56 Å². The second-order valence-corrected chi connectivity index (χ2v) is 6.40. The molecule has 0 radical (unpaired) electrons. The van der Waals surface area contributed by atoms with Crippen molar-refractivity contribution in [2.75, 3.05) is 25.0 Å². The molecule has 2 atom stereocenters. The summed E-state index contributed by atoms with van der Waals surface area (Å²) >= 11 is 0. The fourth-order valence-electron chi connectivity index (χ4n) is 4.01. The molecule has 2 heteroatoms. The largest absolute Gasteiger partial charge is 0.363 e. The quantitative estimate of drug-likeness (QED) is 0.829. The third kappa shape index (κ3) is 2.24. The lowest BCUT2D eigenvalue weighted by Crippen LogP contribution is -2.44. The predicted molar refractivity (Wildman–Crippen MR) is 87.7 cm³/mol. The predicted octanol–water partition coefficient (Wildman–Crippen LogP) is 3.49. The highest BCUT2D eigenvalue weighted by Crippen LogP contribution is 2.44. The molecular weight excluding hydrogens is 256 g/mol. The first-order chi connectivity index (χ1) is 10.3. The molecular formula is C19H22N2. The number of likely N-dealkylation sites (tertiary alicyclic amines) is 1. The second-order valence-electron chi connectivity index (χ2n) is 6.40. The molecule has 0 bridgehead atoms. The highest BCUT2D eigenvalue weighted by Gasteiger charge is 2.40. The molecule has 0 N–H and O–H groups in total. The zero-order valence-electron chi connectivity index (χ0n) is 12.6. The molecule has 1 fully saturated rings. The Morgan fingerprint density at radius 2 is 1.76 bits per heavy atom. The Hall–Kier alpha value is -1.80. The van der Waals surface area contributed by atoms with Crippen LogP contribution in [0.15, 0.2) is 54.6 Å². The minimum absolute atomic E-state index is 0.666. The average Bonchev–Trinajstić information content (AvgIpc) is 2.82. The van der Waals surface area contributed by atoms with Crippen LogP contribution in [-0.2, 0) is 6.54 Å². The summed E-state index contributed by atoms with van der Waals surface area (Å²) in [5, 5.41) is 0. The van der Waals surface area contributed by atoms with Crippen LogP contribution in [0.2, 0.25) is 0 Å². The molecule has 4 rings (SSSR count). The topological polar surface area (TPSA) is 6.48 Å². The third-order valence-electron chi connectivity index (χ3n) is 5.02. The lowest BCUT2D eigenvalue weighted by molar-refractivity contribution is 0.230. The molecule has 0 spiro atoms. The second kappa shape index (κ2) is 5.19. The van der Waals surface area contributed by atoms with Crippen molar-refractivity contribution in [3.05, 3.63) is 65.7 Å². The molecule has 0 unspecified atom stereocenters. The van der Waals surface area contributed by atoms with Gasteiger partial charge in [-0.1, -0.05) is 48.5 Å². The Bertz CT molecular complexity index is 622. The van der Waals surface area contributed by atoms with Crippen molar-refractivity contribution < 1.29 is 0 Å². The molecule has 2 heterocycles. The minimum atomic E-state index is 0.666. The Labute approximate surface area is 127 Å². The summed E-state index contributed by atoms with van der Waals surface area (Å²) in [4.78, 5) is 5.12. The van der Waals surface area contributed by atoms with Gasteiger partial charge in [-0.15, -0.1) is 0 Å². The van der Waals surface area contributed by atoms with E-state index < -0.39 is 0 Å². The lowest BCUT2D eigenvalue weighted by atomic mass is 9.89. The number of piperidine rings is 1. The Morgan fingerprint density at radius 1 is 1.00 bits per heavy atom. The van der Waals surface area contributed by atoms with Gasteiger partial charge in [0.2, 0.25) is 0 Å². The summed E-state index contributed by atoms with van der Waals surface area (Å²) in [6.07, 6.45) is 1.27. The summed E-state index contributed by atoms with van der Waals surface area (Å²) in [6.45, 7) is 3.43. The van der Waals surface area contributed by atoms with Gasteiger partial charge in [-0.2, -0.15) is 0 Å². The van der Waals surface area contributed by atoms with Crippen LogP contribution in [0.1, 0.15) is 23.5 Å². The summed E-state index contributed by atoms with van der Waals surface area (Å²) in [5.74, 6) is 0.670. The van der Waals surface area contributed by atoms with Crippen LogP contribution in [0.3, 0.4) is 0 Å². The normalized spacial score (nSPS) is 24.7. The molecule has 0 amide bonds. The minimum Gasteiger partial charge on any atom is -0.363 e. The van der Waals surface area contributed by atoms with Crippen LogP contribution in [-0.4, -0.2) is 31.1 Å². The summed E-state index contributed by atoms with van der Waals surface area (Å²) in [6, 6.07) is 20.5. The van der Waals surface area contributed by atoms with Gasteiger partial charge in [-0.3, -0.25) is 0 Å². The number of hydrogen-bond acceptors (Lipinski definition) is 2. The number of nitrogens with zero attached hydrogens (tertiary/aromatic N) is 2. The fraction of sp³-hybridized carbons (Fsp3) is 0.368. The Kier molecular flexibility index (Phi) is 3.19. The highest BCUT2D eigenvalue weighted by atomic mass is 15.2. The van der Waals surface area contributed by atoms with E-state index in [-0.39, 0.29) is 0 Å². The van der Waals surface area contributed by atoms with E-state index >= 15 is 0 Å². The number of likely N-dealkylation sites (N-methyl/N-ethyl adjacent to an activating group) is 1. The smallest absolute Gasteiger partial charge is 0.0432 e. The molecule has 1 saturated heterocycles. The van der Waals surface area contributed by atoms with Crippen LogP contribution in [0.5, 0.6) is 0 Å². The van der Waals surface area contributed by atoms with Crippen LogP contribution >= 0.6 is 0 Å². The standard InChI is InChI=1S/C19H22N2/c1-20-12-11-19-17(14-20)16-9-5-6-10-18(16)21(19)13-15-7-3-2-4-8-15/h2-10,17,19H,11-14H2,1H3/t17-,19+/m1/s1. The first-order valence-corrected chi connectivity index (χ1v) is 7.91. The van der Waals surface area contributed by atoms with Gasteiger partial charge in [0.05, 0.1) is 0 Å². The maximum absolute atomic E-state index is 2.64. The summed E-state index contributed by atoms with van der Waals surface area (Å²) in [5.41, 5.74) is 4.41. The molecule has 0 saturated carbocycles. The first kappa shape index (κ1) is 12.9. The Morgan fingerprint density at radius 3 is 2.62 bits per heavy atom. The van der Waals surface area contributed by atoms with E-state index in [0.29, 0.717) is 12.0 Å².